The summed E-state index contributed by atoms with van der Waals surface area (Å²) in [6, 6.07) is 2.20. The molecule has 1 atom stereocenters. The van der Waals surface area contributed by atoms with E-state index in [0.717, 1.165) is 18.7 Å². The highest BCUT2D eigenvalue weighted by Gasteiger charge is 2.18. The number of ether oxygens (including phenoxy) is 1. The number of hydrogen-bond acceptors (Lipinski definition) is 2. The van der Waals surface area contributed by atoms with E-state index < -0.39 is 0 Å². The fraction of sp³-hybridized carbons (Fsp3) is 0.538. The van der Waals surface area contributed by atoms with E-state index in [-0.39, 0.29) is 0 Å². The Morgan fingerprint density at radius 3 is 2.73 bits per heavy atom. The van der Waals surface area contributed by atoms with Gasteiger partial charge in [0.2, 0.25) is 0 Å². The third-order valence-electron chi connectivity index (χ3n) is 3.16. The molecule has 2 rings (SSSR count). The average molecular weight is 205 g/mol. The van der Waals surface area contributed by atoms with Crippen molar-refractivity contribution in [3.8, 4) is 5.75 Å². The van der Waals surface area contributed by atoms with Crippen molar-refractivity contribution in [2.75, 3.05) is 11.9 Å². The predicted octanol–water partition coefficient (Wildman–Crippen LogP) is 3.19. The van der Waals surface area contributed by atoms with Crippen LogP contribution in [0.3, 0.4) is 0 Å². The van der Waals surface area contributed by atoms with E-state index in [9.17, 15) is 0 Å². The van der Waals surface area contributed by atoms with Gasteiger partial charge in [-0.1, -0.05) is 6.07 Å². The van der Waals surface area contributed by atoms with Gasteiger partial charge >= 0.3 is 0 Å². The Bertz CT molecular complexity index is 385. The van der Waals surface area contributed by atoms with Crippen LogP contribution >= 0.6 is 0 Å². The molecular formula is C13H19NO. The lowest BCUT2D eigenvalue weighted by Crippen LogP contribution is -2.12. The first kappa shape index (κ1) is 10.3. The van der Waals surface area contributed by atoms with Crippen LogP contribution in [0.1, 0.15) is 30.0 Å². The summed E-state index contributed by atoms with van der Waals surface area (Å²) in [7, 11) is 0. The van der Waals surface area contributed by atoms with E-state index >= 15 is 0 Å². The van der Waals surface area contributed by atoms with Gasteiger partial charge in [-0.15, -0.1) is 0 Å². The quantitative estimate of drug-likeness (QED) is 0.702. The average Bonchev–Trinajstić information content (AvgIpc) is 2.37. The van der Waals surface area contributed by atoms with Gasteiger partial charge in [0.15, 0.2) is 0 Å². The molecule has 1 heterocycles. The smallest absolute Gasteiger partial charge is 0.145 e. The SMILES string of the molecule is Cc1cc(C)c2c(c1C)NCCC(C)O2. The highest BCUT2D eigenvalue weighted by molar-refractivity contribution is 5.67. The molecule has 0 radical (unpaired) electrons. The van der Waals surface area contributed by atoms with Crippen LogP contribution in [0, 0.1) is 20.8 Å². The maximum absolute atomic E-state index is 5.96. The van der Waals surface area contributed by atoms with E-state index in [4.69, 9.17) is 4.74 Å². The molecule has 15 heavy (non-hydrogen) atoms. The van der Waals surface area contributed by atoms with Crippen LogP contribution in [0.5, 0.6) is 5.75 Å². The number of rotatable bonds is 0. The summed E-state index contributed by atoms with van der Waals surface area (Å²) in [6.07, 6.45) is 1.37. The van der Waals surface area contributed by atoms with Gasteiger partial charge in [0.05, 0.1) is 11.8 Å². The molecule has 1 aliphatic rings. The number of hydrogen-bond donors (Lipinski definition) is 1. The van der Waals surface area contributed by atoms with Gasteiger partial charge in [0.1, 0.15) is 5.75 Å². The van der Waals surface area contributed by atoms with Crippen LogP contribution in [0.25, 0.3) is 0 Å². The predicted molar refractivity (Wildman–Crippen MR) is 63.8 cm³/mol. The second kappa shape index (κ2) is 3.76. The summed E-state index contributed by atoms with van der Waals surface area (Å²) in [4.78, 5) is 0. The Morgan fingerprint density at radius 2 is 2.00 bits per heavy atom. The topological polar surface area (TPSA) is 21.3 Å². The summed E-state index contributed by atoms with van der Waals surface area (Å²) in [5.41, 5.74) is 5.06. The van der Waals surface area contributed by atoms with Crippen molar-refractivity contribution in [2.45, 2.75) is 40.2 Å². The molecule has 1 N–H and O–H groups in total. The van der Waals surface area contributed by atoms with Gasteiger partial charge in [-0.3, -0.25) is 0 Å². The third kappa shape index (κ3) is 1.81. The Hall–Kier alpha value is -1.18. The molecule has 0 aromatic heterocycles. The maximum atomic E-state index is 5.96. The first-order chi connectivity index (χ1) is 7.09. The lowest BCUT2D eigenvalue weighted by molar-refractivity contribution is 0.220. The summed E-state index contributed by atoms with van der Waals surface area (Å²) >= 11 is 0. The van der Waals surface area contributed by atoms with E-state index in [2.05, 4.69) is 39.1 Å². The van der Waals surface area contributed by atoms with E-state index in [1.54, 1.807) is 0 Å². The second-order valence-electron chi connectivity index (χ2n) is 4.48. The molecule has 0 spiro atoms. The van der Waals surface area contributed by atoms with Crippen LogP contribution < -0.4 is 10.1 Å². The van der Waals surface area contributed by atoms with Crippen molar-refractivity contribution in [1.82, 2.24) is 0 Å². The monoisotopic (exact) mass is 205 g/mol. The molecule has 2 heteroatoms. The lowest BCUT2D eigenvalue weighted by atomic mass is 10.0. The van der Waals surface area contributed by atoms with Crippen LogP contribution in [-0.4, -0.2) is 12.6 Å². The molecular weight excluding hydrogens is 186 g/mol. The Balaban J connectivity index is 2.55. The minimum atomic E-state index is 0.305. The van der Waals surface area contributed by atoms with Gasteiger partial charge in [-0.05, 0) is 44.4 Å². The van der Waals surface area contributed by atoms with Crippen LogP contribution in [0.15, 0.2) is 6.07 Å². The van der Waals surface area contributed by atoms with E-state index in [1.165, 1.54) is 22.4 Å². The van der Waals surface area contributed by atoms with Crippen molar-refractivity contribution in [3.63, 3.8) is 0 Å². The van der Waals surface area contributed by atoms with Gasteiger partial charge in [0.25, 0.3) is 0 Å². The molecule has 82 valence electrons. The molecule has 1 aliphatic heterocycles. The molecule has 0 bridgehead atoms. The number of fused-ring (bicyclic) bond motifs is 1. The summed E-state index contributed by atoms with van der Waals surface area (Å²) < 4.78 is 5.96. The molecule has 1 aromatic carbocycles. The summed E-state index contributed by atoms with van der Waals surface area (Å²) in [6.45, 7) is 9.55. The first-order valence-electron chi connectivity index (χ1n) is 5.61. The molecule has 0 saturated carbocycles. The minimum Gasteiger partial charge on any atom is -0.488 e. The Labute approximate surface area is 91.6 Å². The van der Waals surface area contributed by atoms with Crippen molar-refractivity contribution in [1.29, 1.82) is 0 Å². The van der Waals surface area contributed by atoms with Crippen molar-refractivity contribution < 1.29 is 4.74 Å². The standard InChI is InChI=1S/C13H19NO/c1-8-7-9(2)13-12(11(8)4)14-6-5-10(3)15-13/h7,10,14H,5-6H2,1-4H3. The highest BCUT2D eigenvalue weighted by Crippen LogP contribution is 2.36. The zero-order valence-corrected chi connectivity index (χ0v) is 9.98. The maximum Gasteiger partial charge on any atom is 0.145 e. The molecule has 1 unspecified atom stereocenters. The fourth-order valence-corrected chi connectivity index (χ4v) is 2.09. The fourth-order valence-electron chi connectivity index (χ4n) is 2.09. The van der Waals surface area contributed by atoms with E-state index in [1.807, 2.05) is 0 Å². The van der Waals surface area contributed by atoms with Gasteiger partial charge < -0.3 is 10.1 Å². The second-order valence-corrected chi connectivity index (χ2v) is 4.48. The van der Waals surface area contributed by atoms with E-state index in [0.29, 0.717) is 6.10 Å². The number of anilines is 1. The van der Waals surface area contributed by atoms with Gasteiger partial charge in [-0.2, -0.15) is 0 Å². The lowest BCUT2D eigenvalue weighted by Gasteiger charge is -2.17. The first-order valence-corrected chi connectivity index (χ1v) is 5.61. The number of nitrogens with one attached hydrogen (secondary N) is 1. The summed E-state index contributed by atoms with van der Waals surface area (Å²) in [5.74, 6) is 1.04. The van der Waals surface area contributed by atoms with Gasteiger partial charge in [-0.25, -0.2) is 0 Å². The zero-order valence-electron chi connectivity index (χ0n) is 9.98. The normalized spacial score (nSPS) is 19.9. The Kier molecular flexibility index (Phi) is 2.59. The highest BCUT2D eigenvalue weighted by atomic mass is 16.5. The minimum absolute atomic E-state index is 0.305. The molecule has 0 aliphatic carbocycles. The van der Waals surface area contributed by atoms with Gasteiger partial charge in [0, 0.05) is 13.0 Å². The summed E-state index contributed by atoms with van der Waals surface area (Å²) in [5, 5.41) is 3.48. The largest absolute Gasteiger partial charge is 0.488 e. The molecule has 0 fully saturated rings. The molecule has 1 aromatic rings. The Morgan fingerprint density at radius 1 is 1.27 bits per heavy atom. The molecule has 0 amide bonds. The number of benzene rings is 1. The zero-order chi connectivity index (χ0) is 11.0. The number of aryl methyl sites for hydroxylation is 2. The van der Waals surface area contributed by atoms with Crippen LogP contribution in [0.2, 0.25) is 0 Å². The van der Waals surface area contributed by atoms with Crippen molar-refractivity contribution in [2.24, 2.45) is 0 Å². The van der Waals surface area contributed by atoms with Crippen LogP contribution in [0.4, 0.5) is 5.69 Å². The molecule has 2 nitrogen and oxygen atoms in total. The third-order valence-corrected chi connectivity index (χ3v) is 3.16. The van der Waals surface area contributed by atoms with Crippen LogP contribution in [-0.2, 0) is 0 Å². The van der Waals surface area contributed by atoms with Crippen molar-refractivity contribution >= 4 is 5.69 Å². The molecule has 0 saturated heterocycles. The van der Waals surface area contributed by atoms with Crippen molar-refractivity contribution in [3.05, 3.63) is 22.8 Å².